The van der Waals surface area contributed by atoms with Gasteiger partial charge in [0.2, 0.25) is 0 Å². The van der Waals surface area contributed by atoms with Crippen LogP contribution in [0, 0.1) is 6.92 Å². The normalized spacial score (nSPS) is 11.4. The molecule has 0 heterocycles. The Balaban J connectivity index is 2.06. The van der Waals surface area contributed by atoms with Crippen LogP contribution in [0.25, 0.3) is 0 Å². The second-order valence-electron chi connectivity index (χ2n) is 7.40. The average Bonchev–Trinajstić information content (AvgIpc) is 2.76. The highest BCUT2D eigenvalue weighted by molar-refractivity contribution is 5.78. The summed E-state index contributed by atoms with van der Waals surface area (Å²) in [6.07, 6.45) is 7.80. The van der Waals surface area contributed by atoms with Crippen molar-refractivity contribution < 1.29 is 0 Å². The molecule has 0 fully saturated rings. The van der Waals surface area contributed by atoms with Crippen molar-refractivity contribution in [3.8, 4) is 0 Å². The maximum atomic E-state index is 4.24. The molecule has 3 rings (SSSR count). The summed E-state index contributed by atoms with van der Waals surface area (Å²) in [6.45, 7) is 14.3. The zero-order valence-corrected chi connectivity index (χ0v) is 18.6. The molecule has 0 bridgehead atoms. The van der Waals surface area contributed by atoms with Gasteiger partial charge in [-0.25, -0.2) is 0 Å². The quantitative estimate of drug-likeness (QED) is 0.346. The Morgan fingerprint density at radius 2 is 1.42 bits per heavy atom. The summed E-state index contributed by atoms with van der Waals surface area (Å²) in [5, 5.41) is 0. The monoisotopic (exact) mass is 406 g/mol. The fourth-order valence-corrected chi connectivity index (χ4v) is 3.65. The Morgan fingerprint density at radius 1 is 0.806 bits per heavy atom. The summed E-state index contributed by atoms with van der Waals surface area (Å²) >= 11 is 0. The van der Waals surface area contributed by atoms with Crippen molar-refractivity contribution in [2.75, 3.05) is 9.80 Å². The van der Waals surface area contributed by atoms with Gasteiger partial charge in [-0.1, -0.05) is 55.6 Å². The highest BCUT2D eigenvalue weighted by Gasteiger charge is 2.15. The molecule has 0 unspecified atom stereocenters. The van der Waals surface area contributed by atoms with E-state index in [1.807, 2.05) is 31.2 Å². The maximum Gasteiger partial charge on any atom is 0.0464 e. The van der Waals surface area contributed by atoms with Gasteiger partial charge >= 0.3 is 0 Å². The standard InChI is InChI=1S/C29H30N2/c1-6-12-24(4)30(25(5)13-7-2)27-18-20-28(21-19-27)31(26-15-9-8-10-16-26)29-17-11-14-23(3)22-29/h6-22H,1,5H2,2-4H3/b13-7-,24-12+. The number of benzene rings is 3. The number of anilines is 4. The van der Waals surface area contributed by atoms with Crippen molar-refractivity contribution in [2.24, 2.45) is 0 Å². The number of nitrogens with zero attached hydrogens (tertiary/aromatic N) is 2. The van der Waals surface area contributed by atoms with Gasteiger partial charge in [-0.15, -0.1) is 0 Å². The number of rotatable bonds is 8. The summed E-state index contributed by atoms with van der Waals surface area (Å²) < 4.78 is 0. The molecule has 0 aliphatic carbocycles. The number of aryl methyl sites for hydroxylation is 1. The summed E-state index contributed by atoms with van der Waals surface area (Å²) in [4.78, 5) is 4.40. The molecule has 0 atom stereocenters. The van der Waals surface area contributed by atoms with Gasteiger partial charge in [0.05, 0.1) is 0 Å². The van der Waals surface area contributed by atoms with Crippen LogP contribution in [0.1, 0.15) is 19.4 Å². The lowest BCUT2D eigenvalue weighted by Gasteiger charge is -2.28. The second kappa shape index (κ2) is 10.3. The first-order valence-electron chi connectivity index (χ1n) is 10.5. The van der Waals surface area contributed by atoms with E-state index in [2.05, 4.69) is 110 Å². The summed E-state index contributed by atoms with van der Waals surface area (Å²) in [5.41, 5.74) is 7.61. The Hall–Kier alpha value is -3.78. The van der Waals surface area contributed by atoms with Crippen molar-refractivity contribution in [1.29, 1.82) is 0 Å². The van der Waals surface area contributed by atoms with Crippen LogP contribution in [0.5, 0.6) is 0 Å². The molecule has 0 aromatic heterocycles. The van der Waals surface area contributed by atoms with E-state index in [4.69, 9.17) is 0 Å². The van der Waals surface area contributed by atoms with Gasteiger partial charge in [0.15, 0.2) is 0 Å². The second-order valence-corrected chi connectivity index (χ2v) is 7.40. The van der Waals surface area contributed by atoms with Crippen LogP contribution in [-0.4, -0.2) is 0 Å². The minimum absolute atomic E-state index is 0.907. The predicted molar refractivity (Wildman–Crippen MR) is 136 cm³/mol. The van der Waals surface area contributed by atoms with Crippen LogP contribution >= 0.6 is 0 Å². The topological polar surface area (TPSA) is 6.48 Å². The molecule has 0 aliphatic rings. The van der Waals surface area contributed by atoms with Crippen LogP contribution in [-0.2, 0) is 0 Å². The zero-order valence-electron chi connectivity index (χ0n) is 18.6. The molecule has 0 saturated heterocycles. The molecule has 0 spiro atoms. The third-order valence-electron chi connectivity index (χ3n) is 5.00. The Bertz CT molecular complexity index is 1090. The lowest BCUT2D eigenvalue weighted by Crippen LogP contribution is -2.18. The summed E-state index contributed by atoms with van der Waals surface area (Å²) in [5.74, 6) is 0. The molecule has 2 heteroatoms. The van der Waals surface area contributed by atoms with E-state index in [0.29, 0.717) is 0 Å². The molecule has 0 N–H and O–H groups in total. The van der Waals surface area contributed by atoms with E-state index >= 15 is 0 Å². The highest BCUT2D eigenvalue weighted by atomic mass is 15.2. The zero-order chi connectivity index (χ0) is 22.2. The maximum absolute atomic E-state index is 4.24. The molecule has 0 radical (unpaired) electrons. The number of hydrogen-bond acceptors (Lipinski definition) is 2. The molecule has 2 nitrogen and oxygen atoms in total. The SMILES string of the molecule is C=C/C=C(\C)N(C(=C)/C=C\C)c1ccc(N(c2ccccc2)c2cccc(C)c2)cc1. The molecular weight excluding hydrogens is 376 g/mol. The number of hydrogen-bond donors (Lipinski definition) is 0. The van der Waals surface area contributed by atoms with Crippen molar-refractivity contribution in [3.05, 3.63) is 133 Å². The van der Waals surface area contributed by atoms with Crippen LogP contribution in [0.15, 0.2) is 128 Å². The fourth-order valence-electron chi connectivity index (χ4n) is 3.65. The minimum Gasteiger partial charge on any atom is -0.315 e. The van der Waals surface area contributed by atoms with Crippen LogP contribution in [0.4, 0.5) is 22.7 Å². The lowest BCUT2D eigenvalue weighted by molar-refractivity contribution is 1.10. The first-order chi connectivity index (χ1) is 15.0. The molecule has 156 valence electrons. The smallest absolute Gasteiger partial charge is 0.0464 e. The van der Waals surface area contributed by atoms with Crippen LogP contribution in [0.3, 0.4) is 0 Å². The fraction of sp³-hybridized carbons (Fsp3) is 0.103. The van der Waals surface area contributed by atoms with Crippen molar-refractivity contribution in [3.63, 3.8) is 0 Å². The summed E-state index contributed by atoms with van der Waals surface area (Å²) in [7, 11) is 0. The molecule has 31 heavy (non-hydrogen) atoms. The molecule has 3 aromatic carbocycles. The van der Waals surface area contributed by atoms with Gasteiger partial charge in [0, 0.05) is 34.1 Å². The predicted octanol–water partition coefficient (Wildman–Crippen LogP) is 8.45. The van der Waals surface area contributed by atoms with Crippen LogP contribution in [0.2, 0.25) is 0 Å². The van der Waals surface area contributed by atoms with E-state index in [1.54, 1.807) is 6.08 Å². The minimum atomic E-state index is 0.907. The highest BCUT2D eigenvalue weighted by Crippen LogP contribution is 2.36. The van der Waals surface area contributed by atoms with Gasteiger partial charge in [0.25, 0.3) is 0 Å². The largest absolute Gasteiger partial charge is 0.315 e. The third-order valence-corrected chi connectivity index (χ3v) is 5.00. The van der Waals surface area contributed by atoms with E-state index in [0.717, 1.165) is 34.1 Å². The van der Waals surface area contributed by atoms with Gasteiger partial charge in [-0.2, -0.15) is 0 Å². The van der Waals surface area contributed by atoms with E-state index in [1.165, 1.54) is 5.56 Å². The number of para-hydroxylation sites is 1. The molecule has 0 amide bonds. The molecule has 0 aliphatic heterocycles. The Morgan fingerprint density at radius 3 is 2.03 bits per heavy atom. The molecular formula is C29H30N2. The van der Waals surface area contributed by atoms with Gasteiger partial charge in [-0.05, 0) is 87.0 Å². The Kier molecular flexibility index (Phi) is 7.29. The summed E-state index contributed by atoms with van der Waals surface area (Å²) in [6, 6.07) is 27.6. The van der Waals surface area contributed by atoms with E-state index in [9.17, 15) is 0 Å². The molecule has 0 saturated carbocycles. The van der Waals surface area contributed by atoms with Gasteiger partial charge in [0.1, 0.15) is 0 Å². The van der Waals surface area contributed by atoms with Crippen molar-refractivity contribution in [1.82, 2.24) is 0 Å². The van der Waals surface area contributed by atoms with E-state index < -0.39 is 0 Å². The first kappa shape index (κ1) is 21.9. The van der Waals surface area contributed by atoms with Gasteiger partial charge in [-0.3, -0.25) is 0 Å². The average molecular weight is 407 g/mol. The first-order valence-corrected chi connectivity index (χ1v) is 10.5. The van der Waals surface area contributed by atoms with Crippen molar-refractivity contribution >= 4 is 22.7 Å². The van der Waals surface area contributed by atoms with E-state index in [-0.39, 0.29) is 0 Å². The van der Waals surface area contributed by atoms with Gasteiger partial charge < -0.3 is 9.80 Å². The molecule has 3 aromatic rings. The Labute approximate surface area is 186 Å². The third kappa shape index (κ3) is 5.23. The van der Waals surface area contributed by atoms with Crippen molar-refractivity contribution in [2.45, 2.75) is 20.8 Å². The number of allylic oxidation sites excluding steroid dienone is 5. The van der Waals surface area contributed by atoms with Crippen LogP contribution < -0.4 is 9.80 Å². The lowest BCUT2D eigenvalue weighted by atomic mass is 10.1.